The van der Waals surface area contributed by atoms with Crippen LogP contribution in [-0.2, 0) is 9.53 Å². The van der Waals surface area contributed by atoms with Crippen LogP contribution in [0.1, 0.15) is 5.56 Å². The van der Waals surface area contributed by atoms with E-state index in [4.69, 9.17) is 10.5 Å². The van der Waals surface area contributed by atoms with E-state index in [2.05, 4.69) is 10.3 Å². The summed E-state index contributed by atoms with van der Waals surface area (Å²) in [5.41, 5.74) is 8.01. The molecular formula is C14H17N3O2. The molecule has 2 rings (SSSR count). The first-order valence-electron chi connectivity index (χ1n) is 6.14. The first kappa shape index (κ1) is 13.5. The van der Waals surface area contributed by atoms with E-state index in [1.807, 2.05) is 31.2 Å². The average Bonchev–Trinajstić information content (AvgIpc) is 2.43. The molecule has 5 heteroatoms. The minimum absolute atomic E-state index is 0.00678. The molecule has 1 heterocycles. The highest BCUT2D eigenvalue weighted by Gasteiger charge is 2.07. The Balaban J connectivity index is 2.17. The quantitative estimate of drug-likeness (QED) is 0.797. The minimum Gasteiger partial charge on any atom is -0.370 e. The molecule has 0 aliphatic heterocycles. The highest BCUT2D eigenvalue weighted by molar-refractivity contribution is 6.02. The van der Waals surface area contributed by atoms with E-state index in [9.17, 15) is 4.79 Å². The zero-order chi connectivity index (χ0) is 13.7. The Bertz CT molecular complexity index is 584. The lowest BCUT2D eigenvalue weighted by Gasteiger charge is -2.10. The van der Waals surface area contributed by atoms with Crippen molar-refractivity contribution in [2.45, 2.75) is 6.92 Å². The van der Waals surface area contributed by atoms with Gasteiger partial charge in [-0.25, -0.2) is 0 Å². The van der Waals surface area contributed by atoms with Crippen molar-refractivity contribution < 1.29 is 9.53 Å². The smallest absolute Gasteiger partial charge is 0.250 e. The van der Waals surface area contributed by atoms with Crippen LogP contribution in [0.2, 0.25) is 0 Å². The van der Waals surface area contributed by atoms with Crippen molar-refractivity contribution in [1.82, 2.24) is 4.98 Å². The molecule has 19 heavy (non-hydrogen) atoms. The number of carbonyl (C=O) groups is 1. The van der Waals surface area contributed by atoms with E-state index in [0.717, 1.165) is 22.2 Å². The Morgan fingerprint density at radius 1 is 1.42 bits per heavy atom. The van der Waals surface area contributed by atoms with Crippen molar-refractivity contribution in [1.29, 1.82) is 0 Å². The van der Waals surface area contributed by atoms with E-state index in [0.29, 0.717) is 13.2 Å². The summed E-state index contributed by atoms with van der Waals surface area (Å²) in [7, 11) is 0. The number of benzene rings is 1. The molecule has 0 aliphatic rings. The molecule has 3 N–H and O–H groups in total. The SMILES string of the molecule is Cc1ccc(NC(=O)COCCN)c2cccnc12. The van der Waals surface area contributed by atoms with Gasteiger partial charge in [0, 0.05) is 18.1 Å². The Morgan fingerprint density at radius 2 is 2.26 bits per heavy atom. The average molecular weight is 259 g/mol. The van der Waals surface area contributed by atoms with Gasteiger partial charge in [0.25, 0.3) is 0 Å². The van der Waals surface area contributed by atoms with Crippen LogP contribution in [0, 0.1) is 6.92 Å². The number of aromatic nitrogens is 1. The van der Waals surface area contributed by atoms with E-state index in [1.165, 1.54) is 0 Å². The third kappa shape index (κ3) is 3.27. The van der Waals surface area contributed by atoms with Crippen LogP contribution >= 0.6 is 0 Å². The van der Waals surface area contributed by atoms with Gasteiger partial charge in [0.15, 0.2) is 0 Å². The normalized spacial score (nSPS) is 10.6. The monoisotopic (exact) mass is 259 g/mol. The number of pyridine rings is 1. The third-order valence-electron chi connectivity index (χ3n) is 2.74. The lowest BCUT2D eigenvalue weighted by atomic mass is 10.1. The van der Waals surface area contributed by atoms with Crippen LogP contribution in [0.3, 0.4) is 0 Å². The molecular weight excluding hydrogens is 242 g/mol. The maximum atomic E-state index is 11.7. The number of amides is 1. The molecule has 0 radical (unpaired) electrons. The summed E-state index contributed by atoms with van der Waals surface area (Å²) < 4.78 is 5.10. The van der Waals surface area contributed by atoms with Gasteiger partial charge < -0.3 is 15.8 Å². The molecule has 2 aromatic rings. The van der Waals surface area contributed by atoms with Crippen LogP contribution in [0.15, 0.2) is 30.5 Å². The van der Waals surface area contributed by atoms with Crippen LogP contribution < -0.4 is 11.1 Å². The van der Waals surface area contributed by atoms with Crippen LogP contribution in [-0.4, -0.2) is 30.6 Å². The highest BCUT2D eigenvalue weighted by Crippen LogP contribution is 2.24. The number of ether oxygens (including phenoxy) is 1. The Labute approximate surface area is 111 Å². The predicted octanol–water partition coefficient (Wildman–Crippen LogP) is 1.46. The zero-order valence-corrected chi connectivity index (χ0v) is 10.8. The fourth-order valence-electron chi connectivity index (χ4n) is 1.86. The zero-order valence-electron chi connectivity index (χ0n) is 10.8. The molecule has 0 fully saturated rings. The molecule has 0 unspecified atom stereocenters. The predicted molar refractivity (Wildman–Crippen MR) is 75.0 cm³/mol. The van der Waals surface area contributed by atoms with E-state index in [1.54, 1.807) is 6.20 Å². The van der Waals surface area contributed by atoms with Crippen LogP contribution in [0.4, 0.5) is 5.69 Å². The number of nitrogens with zero attached hydrogens (tertiary/aromatic N) is 1. The molecule has 0 spiro atoms. The minimum atomic E-state index is -0.192. The summed E-state index contributed by atoms with van der Waals surface area (Å²) in [4.78, 5) is 16.0. The number of hydrogen-bond donors (Lipinski definition) is 2. The highest BCUT2D eigenvalue weighted by atomic mass is 16.5. The molecule has 0 saturated heterocycles. The number of rotatable bonds is 5. The molecule has 1 aromatic carbocycles. The van der Waals surface area contributed by atoms with Gasteiger partial charge in [-0.2, -0.15) is 0 Å². The van der Waals surface area contributed by atoms with Crippen LogP contribution in [0.5, 0.6) is 0 Å². The molecule has 100 valence electrons. The second-order valence-electron chi connectivity index (χ2n) is 4.22. The summed E-state index contributed by atoms with van der Waals surface area (Å²) in [6, 6.07) is 7.60. The standard InChI is InChI=1S/C14H17N3O2/c1-10-4-5-12(11-3-2-7-16-14(10)11)17-13(18)9-19-8-6-15/h2-5,7H,6,8-9,15H2,1H3,(H,17,18). The number of aryl methyl sites for hydroxylation is 1. The van der Waals surface area contributed by atoms with Gasteiger partial charge in [0.2, 0.25) is 5.91 Å². The number of hydrogen-bond acceptors (Lipinski definition) is 4. The van der Waals surface area contributed by atoms with E-state index >= 15 is 0 Å². The van der Waals surface area contributed by atoms with Gasteiger partial charge >= 0.3 is 0 Å². The summed E-state index contributed by atoms with van der Waals surface area (Å²) in [5, 5.41) is 3.75. The third-order valence-corrected chi connectivity index (χ3v) is 2.74. The van der Waals surface area contributed by atoms with Crippen molar-refractivity contribution in [3.63, 3.8) is 0 Å². The van der Waals surface area contributed by atoms with Crippen LogP contribution in [0.25, 0.3) is 10.9 Å². The van der Waals surface area contributed by atoms with E-state index in [-0.39, 0.29) is 12.5 Å². The number of nitrogens with one attached hydrogen (secondary N) is 1. The Hall–Kier alpha value is -1.98. The van der Waals surface area contributed by atoms with Crippen molar-refractivity contribution in [2.24, 2.45) is 5.73 Å². The lowest BCUT2D eigenvalue weighted by Crippen LogP contribution is -2.20. The summed E-state index contributed by atoms with van der Waals surface area (Å²) >= 11 is 0. The number of fused-ring (bicyclic) bond motifs is 1. The maximum absolute atomic E-state index is 11.7. The molecule has 0 atom stereocenters. The Morgan fingerprint density at radius 3 is 3.05 bits per heavy atom. The number of anilines is 1. The lowest BCUT2D eigenvalue weighted by molar-refractivity contribution is -0.120. The van der Waals surface area contributed by atoms with E-state index < -0.39 is 0 Å². The second-order valence-corrected chi connectivity index (χ2v) is 4.22. The largest absolute Gasteiger partial charge is 0.370 e. The molecule has 5 nitrogen and oxygen atoms in total. The first-order chi connectivity index (χ1) is 9.22. The fraction of sp³-hybridized carbons (Fsp3) is 0.286. The fourth-order valence-corrected chi connectivity index (χ4v) is 1.86. The first-order valence-corrected chi connectivity index (χ1v) is 6.14. The van der Waals surface area contributed by atoms with Gasteiger partial charge in [-0.1, -0.05) is 6.07 Å². The number of nitrogens with two attached hydrogens (primary N) is 1. The van der Waals surface area contributed by atoms with Gasteiger partial charge in [-0.3, -0.25) is 9.78 Å². The van der Waals surface area contributed by atoms with Crippen molar-refractivity contribution in [2.75, 3.05) is 25.1 Å². The van der Waals surface area contributed by atoms with Gasteiger partial charge in [-0.15, -0.1) is 0 Å². The molecule has 1 amide bonds. The molecule has 0 aliphatic carbocycles. The second kappa shape index (κ2) is 6.26. The summed E-state index contributed by atoms with van der Waals surface area (Å²) in [5.74, 6) is -0.192. The molecule has 1 aromatic heterocycles. The van der Waals surface area contributed by atoms with Gasteiger partial charge in [0.1, 0.15) is 6.61 Å². The topological polar surface area (TPSA) is 77.2 Å². The van der Waals surface area contributed by atoms with Gasteiger partial charge in [0.05, 0.1) is 17.8 Å². The van der Waals surface area contributed by atoms with Crippen molar-refractivity contribution in [3.8, 4) is 0 Å². The maximum Gasteiger partial charge on any atom is 0.250 e. The molecule has 0 saturated carbocycles. The van der Waals surface area contributed by atoms with Crippen molar-refractivity contribution in [3.05, 3.63) is 36.0 Å². The van der Waals surface area contributed by atoms with Crippen molar-refractivity contribution >= 4 is 22.5 Å². The summed E-state index contributed by atoms with van der Waals surface area (Å²) in [6.07, 6.45) is 1.74. The summed E-state index contributed by atoms with van der Waals surface area (Å²) in [6.45, 7) is 2.78. The van der Waals surface area contributed by atoms with Gasteiger partial charge in [-0.05, 0) is 30.7 Å². The molecule has 0 bridgehead atoms. The number of carbonyl (C=O) groups excluding carboxylic acids is 1. The Kier molecular flexibility index (Phi) is 4.43.